The van der Waals surface area contributed by atoms with Crippen molar-refractivity contribution in [2.75, 3.05) is 13.2 Å². The first-order valence-electron chi connectivity index (χ1n) is 12.4. The van der Waals surface area contributed by atoms with E-state index in [1.54, 1.807) is 0 Å². The maximum absolute atomic E-state index is 12.5. The number of nitrogens with one attached hydrogen (secondary N) is 3. The Morgan fingerprint density at radius 1 is 1.20 bits per heavy atom. The molecule has 3 unspecified atom stereocenters. The summed E-state index contributed by atoms with van der Waals surface area (Å²) in [6, 6.07) is 6.99. The second-order valence-electron chi connectivity index (χ2n) is 10.9. The molecule has 3 N–H and O–H groups in total. The molecular weight excluding hydrogens is 446 g/mol. The summed E-state index contributed by atoms with van der Waals surface area (Å²) in [7, 11) is 0. The van der Waals surface area contributed by atoms with E-state index in [2.05, 4.69) is 56.2 Å². The summed E-state index contributed by atoms with van der Waals surface area (Å²) < 4.78 is 4.99. The second-order valence-corrected chi connectivity index (χ2v) is 10.9. The highest BCUT2D eigenvalue weighted by atomic mass is 16.5. The fourth-order valence-electron chi connectivity index (χ4n) is 6.34. The number of aromatic amines is 2. The molecule has 1 heterocycles. The molecule has 1 aromatic carbocycles. The van der Waals surface area contributed by atoms with Crippen LogP contribution in [-0.4, -0.2) is 35.0 Å². The number of hydrogen-bond acceptors (Lipinski definition) is 5. The summed E-state index contributed by atoms with van der Waals surface area (Å²) in [4.78, 5) is 51.6. The second kappa shape index (κ2) is 9.47. The van der Waals surface area contributed by atoms with Crippen LogP contribution in [0.25, 0.3) is 0 Å². The van der Waals surface area contributed by atoms with E-state index in [-0.39, 0.29) is 16.4 Å². The van der Waals surface area contributed by atoms with Crippen molar-refractivity contribution in [2.24, 2.45) is 11.3 Å². The van der Waals surface area contributed by atoms with E-state index in [9.17, 15) is 19.2 Å². The number of carbonyl (C=O) groups is 2. The average Bonchev–Trinajstić information content (AvgIpc) is 2.81. The topological polar surface area (TPSA) is 121 Å². The molecule has 188 valence electrons. The Kier molecular flexibility index (Phi) is 6.75. The van der Waals surface area contributed by atoms with Gasteiger partial charge in [0.1, 0.15) is 5.56 Å². The summed E-state index contributed by atoms with van der Waals surface area (Å²) in [6.45, 7) is 9.11. The molecule has 8 nitrogen and oxygen atoms in total. The predicted molar refractivity (Wildman–Crippen MR) is 133 cm³/mol. The Morgan fingerprint density at radius 2 is 1.97 bits per heavy atom. The Balaban J connectivity index is 1.41. The van der Waals surface area contributed by atoms with Crippen molar-refractivity contribution in [3.05, 3.63) is 67.5 Å². The maximum atomic E-state index is 12.5. The van der Waals surface area contributed by atoms with Gasteiger partial charge < -0.3 is 15.0 Å². The Labute approximate surface area is 204 Å². The molecule has 1 amide bonds. The lowest BCUT2D eigenvalue weighted by atomic mass is 9.49. The summed E-state index contributed by atoms with van der Waals surface area (Å²) in [6.07, 6.45) is 6.37. The highest BCUT2D eigenvalue weighted by molar-refractivity contribution is 5.90. The summed E-state index contributed by atoms with van der Waals surface area (Å²) >= 11 is 0. The van der Waals surface area contributed by atoms with E-state index in [1.807, 2.05) is 4.98 Å². The summed E-state index contributed by atoms with van der Waals surface area (Å²) in [5.74, 6) is -0.428. The van der Waals surface area contributed by atoms with Crippen LogP contribution in [0.5, 0.6) is 0 Å². The van der Waals surface area contributed by atoms with Crippen molar-refractivity contribution in [1.29, 1.82) is 0 Å². The monoisotopic (exact) mass is 481 g/mol. The zero-order valence-electron chi connectivity index (χ0n) is 21.0. The van der Waals surface area contributed by atoms with Gasteiger partial charge in [0.25, 0.3) is 11.5 Å². The molecule has 0 radical (unpaired) electrons. The minimum absolute atomic E-state index is 0.0680. The first kappa shape index (κ1) is 24.9. The fraction of sp³-hybridized carbons (Fsp3) is 0.556. The molecule has 1 fully saturated rings. The van der Waals surface area contributed by atoms with Crippen molar-refractivity contribution >= 4 is 11.9 Å². The van der Waals surface area contributed by atoms with Gasteiger partial charge in [0.15, 0.2) is 6.61 Å². The van der Waals surface area contributed by atoms with E-state index in [4.69, 9.17) is 4.74 Å². The molecule has 2 aliphatic rings. The number of rotatable bonds is 6. The average molecular weight is 482 g/mol. The van der Waals surface area contributed by atoms with Crippen LogP contribution in [0.1, 0.15) is 86.3 Å². The SMILES string of the molecule is CC(C)c1ccc2c(c1)CCC1C(C)(CNC(=O)COC(=O)c3c[nH]c(=O)[nH]c3=O)CCCC21C. The highest BCUT2D eigenvalue weighted by Crippen LogP contribution is 2.57. The molecule has 4 rings (SSSR count). The van der Waals surface area contributed by atoms with Crippen LogP contribution in [-0.2, 0) is 21.4 Å². The Morgan fingerprint density at radius 3 is 2.69 bits per heavy atom. The number of amides is 1. The number of fused-ring (bicyclic) bond motifs is 3. The number of hydrogen-bond donors (Lipinski definition) is 3. The van der Waals surface area contributed by atoms with Crippen molar-refractivity contribution in [3.8, 4) is 0 Å². The summed E-state index contributed by atoms with van der Waals surface area (Å²) in [5, 5.41) is 2.96. The Bertz CT molecular complexity index is 1250. The van der Waals surface area contributed by atoms with Crippen molar-refractivity contribution in [2.45, 2.75) is 71.1 Å². The smallest absolute Gasteiger partial charge is 0.345 e. The zero-order valence-corrected chi connectivity index (χ0v) is 21.0. The molecule has 1 aromatic heterocycles. The highest BCUT2D eigenvalue weighted by Gasteiger charge is 2.51. The number of ether oxygens (including phenoxy) is 1. The third-order valence-electron chi connectivity index (χ3n) is 8.23. The first-order valence-corrected chi connectivity index (χ1v) is 12.4. The molecule has 2 aliphatic carbocycles. The lowest BCUT2D eigenvalue weighted by Crippen LogP contribution is -2.53. The summed E-state index contributed by atoms with van der Waals surface area (Å²) in [5.41, 5.74) is 2.37. The molecule has 8 heteroatoms. The number of aromatic nitrogens is 2. The molecule has 0 spiro atoms. The van der Waals surface area contributed by atoms with Crippen LogP contribution in [0, 0.1) is 11.3 Å². The van der Waals surface area contributed by atoms with Gasteiger partial charge in [0.05, 0.1) is 0 Å². The van der Waals surface area contributed by atoms with E-state index >= 15 is 0 Å². The normalized spacial score (nSPS) is 25.5. The third kappa shape index (κ3) is 4.83. The number of benzene rings is 1. The van der Waals surface area contributed by atoms with Crippen LogP contribution in [0.2, 0.25) is 0 Å². The van der Waals surface area contributed by atoms with Gasteiger partial charge in [-0.1, -0.05) is 52.3 Å². The van der Waals surface area contributed by atoms with Crippen LogP contribution >= 0.6 is 0 Å². The molecule has 35 heavy (non-hydrogen) atoms. The standard InChI is InChI=1S/C27H35N3O5/c1-16(2)17-6-8-20-18(12-17)7-9-21-26(3,10-5-11-27(20,21)4)15-29-22(31)14-35-24(33)19-13-28-25(34)30-23(19)32/h6,8,12-13,16,21H,5,7,9-11,14-15H2,1-4H3,(H,29,31)(H2,28,30,32,34). The van der Waals surface area contributed by atoms with Gasteiger partial charge in [-0.3, -0.25) is 14.6 Å². The quantitative estimate of drug-likeness (QED) is 0.547. The Hall–Kier alpha value is -3.16. The molecule has 3 atom stereocenters. The number of carbonyl (C=O) groups excluding carboxylic acids is 2. The molecule has 1 saturated carbocycles. The van der Waals surface area contributed by atoms with E-state index in [1.165, 1.54) is 16.7 Å². The van der Waals surface area contributed by atoms with Crippen molar-refractivity contribution in [1.82, 2.24) is 15.3 Å². The van der Waals surface area contributed by atoms with Gasteiger partial charge in [-0.2, -0.15) is 0 Å². The first-order chi connectivity index (χ1) is 16.5. The third-order valence-corrected chi connectivity index (χ3v) is 8.23. The van der Waals surface area contributed by atoms with E-state index < -0.39 is 29.7 Å². The van der Waals surface area contributed by atoms with E-state index in [0.29, 0.717) is 18.4 Å². The lowest BCUT2D eigenvalue weighted by molar-refractivity contribution is -0.125. The largest absolute Gasteiger partial charge is 0.452 e. The lowest BCUT2D eigenvalue weighted by Gasteiger charge is -2.55. The van der Waals surface area contributed by atoms with Gasteiger partial charge in [-0.05, 0) is 65.0 Å². The van der Waals surface area contributed by atoms with Crippen LogP contribution in [0.15, 0.2) is 34.0 Å². The minimum Gasteiger partial charge on any atom is -0.452 e. The van der Waals surface area contributed by atoms with Crippen molar-refractivity contribution in [3.63, 3.8) is 0 Å². The minimum atomic E-state index is -0.959. The number of esters is 1. The van der Waals surface area contributed by atoms with Gasteiger partial charge in [0, 0.05) is 12.7 Å². The predicted octanol–water partition coefficient (Wildman–Crippen LogP) is 3.17. The zero-order chi connectivity index (χ0) is 25.4. The number of H-pyrrole nitrogens is 2. The molecule has 0 aliphatic heterocycles. The molecule has 2 aromatic rings. The van der Waals surface area contributed by atoms with Gasteiger partial charge in [0.2, 0.25) is 0 Å². The van der Waals surface area contributed by atoms with Gasteiger partial charge in [-0.25, -0.2) is 9.59 Å². The van der Waals surface area contributed by atoms with Crippen LogP contribution in [0.3, 0.4) is 0 Å². The molecule has 0 bridgehead atoms. The molecular formula is C27H35N3O5. The van der Waals surface area contributed by atoms with Crippen molar-refractivity contribution < 1.29 is 14.3 Å². The fourth-order valence-corrected chi connectivity index (χ4v) is 6.34. The van der Waals surface area contributed by atoms with Crippen LogP contribution in [0.4, 0.5) is 0 Å². The van der Waals surface area contributed by atoms with E-state index in [0.717, 1.165) is 38.3 Å². The van der Waals surface area contributed by atoms with Gasteiger partial charge >= 0.3 is 11.7 Å². The van der Waals surface area contributed by atoms with Crippen LogP contribution < -0.4 is 16.6 Å². The van der Waals surface area contributed by atoms with Gasteiger partial charge in [-0.15, -0.1) is 0 Å². The maximum Gasteiger partial charge on any atom is 0.345 e. The molecule has 0 saturated heterocycles. The number of aryl methyl sites for hydroxylation is 1.